The molecule has 114 valence electrons. The number of amides is 1. The molecule has 0 spiro atoms. The monoisotopic (exact) mass is 314 g/mol. The Bertz CT molecular complexity index is 686. The van der Waals surface area contributed by atoms with E-state index in [4.69, 9.17) is 4.74 Å². The van der Waals surface area contributed by atoms with E-state index in [1.807, 2.05) is 36.2 Å². The van der Waals surface area contributed by atoms with Gasteiger partial charge in [0, 0.05) is 31.6 Å². The zero-order valence-electron chi connectivity index (χ0n) is 12.4. The maximum Gasteiger partial charge on any atom is 0.257 e. The summed E-state index contributed by atoms with van der Waals surface area (Å²) >= 11 is 1.77. The van der Waals surface area contributed by atoms with Crippen LogP contribution >= 0.6 is 11.3 Å². The maximum absolute atomic E-state index is 12.6. The molecule has 0 N–H and O–H groups in total. The van der Waals surface area contributed by atoms with Gasteiger partial charge in [0.05, 0.1) is 11.6 Å². The minimum Gasteiger partial charge on any atom is -0.486 e. The summed E-state index contributed by atoms with van der Waals surface area (Å²) in [5.41, 5.74) is 0.671. The Kier molecular flexibility index (Phi) is 3.39. The van der Waals surface area contributed by atoms with Crippen molar-refractivity contribution < 1.29 is 9.53 Å². The van der Waals surface area contributed by atoms with Crippen molar-refractivity contribution in [3.05, 3.63) is 52.2 Å². The molecule has 2 unspecified atom stereocenters. The summed E-state index contributed by atoms with van der Waals surface area (Å²) < 4.78 is 6.17. The summed E-state index contributed by atoms with van der Waals surface area (Å²) in [6.45, 7) is 2.64. The first-order valence-electron chi connectivity index (χ1n) is 7.50. The van der Waals surface area contributed by atoms with Crippen molar-refractivity contribution in [1.82, 2.24) is 9.80 Å². The molecular formula is C17H18N2O2S. The predicted molar refractivity (Wildman–Crippen MR) is 86.3 cm³/mol. The largest absolute Gasteiger partial charge is 0.486 e. The fourth-order valence-electron chi connectivity index (χ4n) is 3.32. The van der Waals surface area contributed by atoms with E-state index >= 15 is 0 Å². The van der Waals surface area contributed by atoms with Crippen LogP contribution in [0.15, 0.2) is 41.8 Å². The van der Waals surface area contributed by atoms with Gasteiger partial charge in [-0.1, -0.05) is 18.2 Å². The number of rotatable bonds is 2. The Morgan fingerprint density at radius 2 is 2.09 bits per heavy atom. The topological polar surface area (TPSA) is 32.8 Å². The standard InChI is InChI=1S/C17H18N2O2S/c1-18-14-10-19(9-12-5-4-8-22-12)11-16(14)21-15-7-3-2-6-13(15)17(18)20/h2-8,14,16H,9-11H2,1H3. The highest BCUT2D eigenvalue weighted by atomic mass is 32.1. The van der Waals surface area contributed by atoms with Gasteiger partial charge in [0.15, 0.2) is 0 Å². The lowest BCUT2D eigenvalue weighted by molar-refractivity contribution is 0.0682. The summed E-state index contributed by atoms with van der Waals surface area (Å²) in [4.78, 5) is 18.2. The molecule has 1 amide bonds. The van der Waals surface area contributed by atoms with E-state index in [1.165, 1.54) is 4.88 Å². The Labute approximate surface area is 133 Å². The van der Waals surface area contributed by atoms with E-state index in [9.17, 15) is 4.79 Å². The van der Waals surface area contributed by atoms with E-state index in [0.29, 0.717) is 11.3 Å². The van der Waals surface area contributed by atoms with E-state index in [0.717, 1.165) is 19.6 Å². The highest BCUT2D eigenvalue weighted by Gasteiger charge is 2.42. The second-order valence-electron chi connectivity index (χ2n) is 5.91. The van der Waals surface area contributed by atoms with Crippen LogP contribution in [-0.4, -0.2) is 48.0 Å². The van der Waals surface area contributed by atoms with Gasteiger partial charge in [0.1, 0.15) is 11.9 Å². The van der Waals surface area contributed by atoms with Crippen molar-refractivity contribution >= 4 is 17.2 Å². The lowest BCUT2D eigenvalue weighted by atomic mass is 10.1. The molecule has 0 aliphatic carbocycles. The van der Waals surface area contributed by atoms with Crippen molar-refractivity contribution in [3.63, 3.8) is 0 Å². The summed E-state index contributed by atoms with van der Waals surface area (Å²) in [6, 6.07) is 11.9. The lowest BCUT2D eigenvalue weighted by Crippen LogP contribution is -2.44. The van der Waals surface area contributed by atoms with Crippen LogP contribution in [0, 0.1) is 0 Å². The lowest BCUT2D eigenvalue weighted by Gasteiger charge is -2.25. The molecule has 1 aromatic carbocycles. The van der Waals surface area contributed by atoms with Crippen LogP contribution in [-0.2, 0) is 6.54 Å². The number of nitrogens with zero attached hydrogens (tertiary/aromatic N) is 2. The first kappa shape index (κ1) is 13.8. The number of carbonyl (C=O) groups is 1. The first-order chi connectivity index (χ1) is 10.7. The first-order valence-corrected chi connectivity index (χ1v) is 8.38. The molecule has 1 saturated heterocycles. The SMILES string of the molecule is CN1C(=O)c2ccccc2OC2CN(Cc3cccs3)CC21. The molecule has 1 fully saturated rings. The number of thiophene rings is 1. The van der Waals surface area contributed by atoms with Gasteiger partial charge >= 0.3 is 0 Å². The molecule has 0 saturated carbocycles. The molecule has 4 nitrogen and oxygen atoms in total. The minimum atomic E-state index is 0.0394. The summed E-state index contributed by atoms with van der Waals surface area (Å²) in [5.74, 6) is 0.769. The zero-order valence-corrected chi connectivity index (χ0v) is 13.3. The number of hydrogen-bond donors (Lipinski definition) is 0. The van der Waals surface area contributed by atoms with Gasteiger partial charge in [-0.15, -0.1) is 11.3 Å². The summed E-state index contributed by atoms with van der Waals surface area (Å²) in [7, 11) is 1.89. The number of ether oxygens (including phenoxy) is 1. The molecule has 5 heteroatoms. The van der Waals surface area contributed by atoms with Gasteiger partial charge < -0.3 is 9.64 Å². The van der Waals surface area contributed by atoms with Crippen LogP contribution in [0.1, 0.15) is 15.2 Å². The fraction of sp³-hybridized carbons (Fsp3) is 0.353. The highest BCUT2D eigenvalue weighted by molar-refractivity contribution is 7.09. The third-order valence-corrected chi connectivity index (χ3v) is 5.35. The molecule has 2 aliphatic rings. The van der Waals surface area contributed by atoms with Gasteiger partial charge in [-0.25, -0.2) is 0 Å². The second kappa shape index (κ2) is 5.41. The Morgan fingerprint density at radius 3 is 2.91 bits per heavy atom. The number of likely N-dealkylation sites (tertiary alicyclic amines) is 1. The van der Waals surface area contributed by atoms with Crippen LogP contribution in [0.3, 0.4) is 0 Å². The van der Waals surface area contributed by atoms with Crippen molar-refractivity contribution in [2.24, 2.45) is 0 Å². The van der Waals surface area contributed by atoms with E-state index in [-0.39, 0.29) is 18.1 Å². The van der Waals surface area contributed by atoms with Gasteiger partial charge in [0.25, 0.3) is 5.91 Å². The Balaban J connectivity index is 1.58. The van der Waals surface area contributed by atoms with Crippen molar-refractivity contribution in [2.45, 2.75) is 18.7 Å². The van der Waals surface area contributed by atoms with Gasteiger partial charge in [-0.3, -0.25) is 9.69 Å². The summed E-state index contributed by atoms with van der Waals surface area (Å²) in [5, 5.41) is 2.10. The van der Waals surface area contributed by atoms with Crippen LogP contribution < -0.4 is 4.74 Å². The van der Waals surface area contributed by atoms with E-state index in [2.05, 4.69) is 22.4 Å². The van der Waals surface area contributed by atoms with E-state index in [1.54, 1.807) is 11.3 Å². The third kappa shape index (κ3) is 2.30. The molecular weight excluding hydrogens is 296 g/mol. The van der Waals surface area contributed by atoms with Gasteiger partial charge in [0.2, 0.25) is 0 Å². The van der Waals surface area contributed by atoms with Gasteiger partial charge in [-0.05, 0) is 23.6 Å². The van der Waals surface area contributed by atoms with Crippen LogP contribution in [0.5, 0.6) is 5.75 Å². The maximum atomic E-state index is 12.6. The van der Waals surface area contributed by atoms with Crippen molar-refractivity contribution in [1.29, 1.82) is 0 Å². The highest BCUT2D eigenvalue weighted by Crippen LogP contribution is 2.31. The van der Waals surface area contributed by atoms with Crippen molar-refractivity contribution in [3.8, 4) is 5.75 Å². The van der Waals surface area contributed by atoms with Crippen LogP contribution in [0.2, 0.25) is 0 Å². The number of benzene rings is 1. The normalized spacial score (nSPS) is 24.6. The predicted octanol–water partition coefficient (Wildman–Crippen LogP) is 2.47. The number of likely N-dealkylation sites (N-methyl/N-ethyl adjacent to an activating group) is 1. The average Bonchev–Trinajstić information content (AvgIpc) is 3.15. The molecule has 0 bridgehead atoms. The smallest absolute Gasteiger partial charge is 0.257 e. The van der Waals surface area contributed by atoms with Gasteiger partial charge in [-0.2, -0.15) is 0 Å². The van der Waals surface area contributed by atoms with Crippen LogP contribution in [0.25, 0.3) is 0 Å². The zero-order chi connectivity index (χ0) is 15.1. The van der Waals surface area contributed by atoms with Crippen molar-refractivity contribution in [2.75, 3.05) is 20.1 Å². The molecule has 3 heterocycles. The molecule has 2 atom stereocenters. The van der Waals surface area contributed by atoms with Crippen LogP contribution in [0.4, 0.5) is 0 Å². The molecule has 1 aromatic heterocycles. The quantitative estimate of drug-likeness (QED) is 0.854. The number of carbonyl (C=O) groups excluding carboxylic acids is 1. The molecule has 2 aromatic rings. The Morgan fingerprint density at radius 1 is 1.23 bits per heavy atom. The number of para-hydroxylation sites is 1. The molecule has 22 heavy (non-hydrogen) atoms. The second-order valence-corrected chi connectivity index (χ2v) is 6.94. The molecule has 2 aliphatic heterocycles. The Hall–Kier alpha value is -1.85. The minimum absolute atomic E-state index is 0.0394. The molecule has 4 rings (SSSR count). The molecule has 0 radical (unpaired) electrons. The third-order valence-electron chi connectivity index (χ3n) is 4.49. The average molecular weight is 314 g/mol. The van der Waals surface area contributed by atoms with E-state index < -0.39 is 0 Å². The number of fused-ring (bicyclic) bond motifs is 2. The summed E-state index contributed by atoms with van der Waals surface area (Å²) in [6.07, 6.45) is 0.0394. The number of hydrogen-bond acceptors (Lipinski definition) is 4. The fourth-order valence-corrected chi connectivity index (χ4v) is 4.07.